The monoisotopic (exact) mass is 340 g/mol. The molecule has 2 N–H and O–H groups in total. The zero-order chi connectivity index (χ0) is 14.6. The van der Waals surface area contributed by atoms with Gasteiger partial charge < -0.3 is 10.4 Å². The summed E-state index contributed by atoms with van der Waals surface area (Å²) in [6.07, 6.45) is 3.30. The van der Waals surface area contributed by atoms with Crippen molar-refractivity contribution in [2.24, 2.45) is 0 Å². The van der Waals surface area contributed by atoms with Crippen LogP contribution in [0.15, 0.2) is 18.5 Å². The molecule has 0 spiro atoms. The molecule has 0 amide bonds. The molecule has 0 unspecified atom stereocenters. The number of hydrogen-bond donors (Lipinski definition) is 2. The third kappa shape index (κ3) is 2.13. The highest BCUT2D eigenvalue weighted by Gasteiger charge is 2.24. The molecule has 1 aliphatic heterocycles. The van der Waals surface area contributed by atoms with Gasteiger partial charge in [0.15, 0.2) is 0 Å². The van der Waals surface area contributed by atoms with Crippen LogP contribution in [0.1, 0.15) is 11.7 Å². The lowest BCUT2D eigenvalue weighted by Crippen LogP contribution is -2.44. The van der Waals surface area contributed by atoms with Gasteiger partial charge in [0.1, 0.15) is 17.0 Å². The average Bonchev–Trinajstić information content (AvgIpc) is 2.93. The van der Waals surface area contributed by atoms with E-state index in [4.69, 9.17) is 11.6 Å². The van der Waals surface area contributed by atoms with Crippen LogP contribution in [0.2, 0.25) is 5.02 Å². The van der Waals surface area contributed by atoms with E-state index in [0.717, 1.165) is 30.0 Å². The van der Waals surface area contributed by atoms with Crippen LogP contribution in [0, 0.1) is 6.92 Å². The van der Waals surface area contributed by atoms with Gasteiger partial charge in [-0.05, 0) is 13.0 Å². The number of pyridine rings is 1. The molecule has 9 heteroatoms. The summed E-state index contributed by atoms with van der Waals surface area (Å²) < 4.78 is 3.47. The van der Waals surface area contributed by atoms with Crippen LogP contribution >= 0.6 is 24.0 Å². The van der Waals surface area contributed by atoms with E-state index in [9.17, 15) is 5.11 Å². The average molecular weight is 341 g/mol. The Morgan fingerprint density at radius 2 is 2.18 bits per heavy atom. The van der Waals surface area contributed by atoms with E-state index in [-0.39, 0.29) is 18.2 Å². The van der Waals surface area contributed by atoms with E-state index in [2.05, 4.69) is 20.7 Å². The molecule has 1 aliphatic rings. The molecule has 116 valence electrons. The molecule has 4 rings (SSSR count). The van der Waals surface area contributed by atoms with Gasteiger partial charge >= 0.3 is 0 Å². The fourth-order valence-electron chi connectivity index (χ4n) is 2.59. The minimum Gasteiger partial charge on any atom is -0.506 e. The Bertz CT molecular complexity index is 839. The smallest absolute Gasteiger partial charge is 0.143 e. The number of fused-ring (bicyclic) bond motifs is 1. The predicted octanol–water partition coefficient (Wildman–Crippen LogP) is 1.83. The second-order valence-corrected chi connectivity index (χ2v) is 5.59. The van der Waals surface area contributed by atoms with Crippen molar-refractivity contribution in [3.05, 3.63) is 29.2 Å². The molecule has 4 heterocycles. The normalized spacial score (nSPS) is 14.8. The summed E-state index contributed by atoms with van der Waals surface area (Å²) in [7, 11) is 0. The summed E-state index contributed by atoms with van der Waals surface area (Å²) in [5.41, 5.74) is 2.97. The summed E-state index contributed by atoms with van der Waals surface area (Å²) in [6.45, 7) is 3.79. The van der Waals surface area contributed by atoms with Gasteiger partial charge in [-0.2, -0.15) is 5.10 Å². The highest BCUT2D eigenvalue weighted by Crippen LogP contribution is 2.31. The standard InChI is InChI=1S/C13H13ClN6O.ClH/c1-7-12(17-18-20(7)9-3-15-4-9)8-2-11(21)13-10(14)5-16-19(13)6-8;/h2,5-6,9,15,21H,3-4H2,1H3;1H. The SMILES string of the molecule is Cc1c(-c2cc(O)c3c(Cl)cnn3c2)nnn1C1CNC1.Cl. The summed E-state index contributed by atoms with van der Waals surface area (Å²) in [5.74, 6) is 0.0780. The third-order valence-corrected chi connectivity index (χ3v) is 4.13. The fraction of sp³-hybridized carbons (Fsp3) is 0.308. The lowest BCUT2D eigenvalue weighted by molar-refractivity contribution is 0.308. The molecular weight excluding hydrogens is 327 g/mol. The van der Waals surface area contributed by atoms with Crippen LogP contribution in [0.4, 0.5) is 0 Å². The van der Waals surface area contributed by atoms with Gasteiger partial charge in [-0.15, -0.1) is 17.5 Å². The van der Waals surface area contributed by atoms with Crippen molar-refractivity contribution < 1.29 is 5.11 Å². The minimum atomic E-state index is 0. The topological polar surface area (TPSA) is 80.3 Å². The van der Waals surface area contributed by atoms with Crippen molar-refractivity contribution in [2.45, 2.75) is 13.0 Å². The molecule has 0 atom stereocenters. The molecule has 0 radical (unpaired) electrons. The van der Waals surface area contributed by atoms with E-state index < -0.39 is 0 Å². The van der Waals surface area contributed by atoms with Crippen molar-refractivity contribution in [3.63, 3.8) is 0 Å². The summed E-state index contributed by atoms with van der Waals surface area (Å²) in [4.78, 5) is 0. The van der Waals surface area contributed by atoms with E-state index in [1.54, 1.807) is 16.8 Å². The van der Waals surface area contributed by atoms with Crippen molar-refractivity contribution >= 4 is 29.5 Å². The second-order valence-electron chi connectivity index (χ2n) is 5.18. The Hall–Kier alpha value is -1.83. The van der Waals surface area contributed by atoms with Gasteiger partial charge in [-0.3, -0.25) is 0 Å². The number of aromatic nitrogens is 5. The van der Waals surface area contributed by atoms with Gasteiger partial charge in [-0.25, -0.2) is 9.20 Å². The Morgan fingerprint density at radius 1 is 1.41 bits per heavy atom. The summed E-state index contributed by atoms with van der Waals surface area (Å²) in [6, 6.07) is 1.99. The molecule has 3 aromatic heterocycles. The Labute approximate surface area is 137 Å². The molecule has 0 saturated carbocycles. The van der Waals surface area contributed by atoms with E-state index in [0.29, 0.717) is 16.6 Å². The largest absolute Gasteiger partial charge is 0.506 e. The van der Waals surface area contributed by atoms with Gasteiger partial charge in [-0.1, -0.05) is 16.8 Å². The zero-order valence-electron chi connectivity index (χ0n) is 11.7. The summed E-state index contributed by atoms with van der Waals surface area (Å²) in [5, 5.41) is 26.4. The highest BCUT2D eigenvalue weighted by atomic mass is 35.5. The first kappa shape index (κ1) is 15.1. The first-order valence-corrected chi connectivity index (χ1v) is 7.01. The molecule has 0 bridgehead atoms. The third-order valence-electron chi connectivity index (χ3n) is 3.85. The quantitative estimate of drug-likeness (QED) is 0.743. The van der Waals surface area contributed by atoms with E-state index in [1.807, 2.05) is 11.6 Å². The van der Waals surface area contributed by atoms with Crippen LogP contribution in [0.5, 0.6) is 5.75 Å². The molecule has 0 aliphatic carbocycles. The first-order valence-electron chi connectivity index (χ1n) is 6.64. The Kier molecular flexibility index (Phi) is 3.72. The number of hydrogen-bond acceptors (Lipinski definition) is 5. The second kappa shape index (κ2) is 5.42. The molecule has 3 aromatic rings. The van der Waals surface area contributed by atoms with Gasteiger partial charge in [0.2, 0.25) is 0 Å². The van der Waals surface area contributed by atoms with Gasteiger partial charge in [0.25, 0.3) is 0 Å². The highest BCUT2D eigenvalue weighted by molar-refractivity contribution is 6.34. The molecular formula is C13H14Cl2N6O. The molecule has 22 heavy (non-hydrogen) atoms. The molecule has 7 nitrogen and oxygen atoms in total. The van der Waals surface area contributed by atoms with Crippen molar-refractivity contribution in [2.75, 3.05) is 13.1 Å². The number of rotatable bonds is 2. The maximum atomic E-state index is 10.1. The number of nitrogens with zero attached hydrogens (tertiary/aromatic N) is 5. The van der Waals surface area contributed by atoms with Crippen molar-refractivity contribution in [1.82, 2.24) is 29.9 Å². The Morgan fingerprint density at radius 3 is 2.86 bits per heavy atom. The number of halogens is 2. The first-order chi connectivity index (χ1) is 10.1. The van der Waals surface area contributed by atoms with Crippen LogP contribution < -0.4 is 5.32 Å². The number of aromatic hydroxyl groups is 1. The summed E-state index contributed by atoms with van der Waals surface area (Å²) >= 11 is 6.00. The molecule has 0 aromatic carbocycles. The zero-order valence-corrected chi connectivity index (χ0v) is 13.3. The van der Waals surface area contributed by atoms with E-state index in [1.165, 1.54) is 6.20 Å². The maximum Gasteiger partial charge on any atom is 0.143 e. The predicted molar refractivity (Wildman–Crippen MR) is 84.8 cm³/mol. The lowest BCUT2D eigenvalue weighted by atomic mass is 10.1. The van der Waals surface area contributed by atoms with Crippen LogP contribution in [0.3, 0.4) is 0 Å². The maximum absolute atomic E-state index is 10.1. The van der Waals surface area contributed by atoms with Crippen LogP contribution in [-0.4, -0.2) is 42.8 Å². The van der Waals surface area contributed by atoms with Crippen LogP contribution in [-0.2, 0) is 0 Å². The lowest BCUT2D eigenvalue weighted by Gasteiger charge is -2.27. The fourth-order valence-corrected chi connectivity index (χ4v) is 2.82. The minimum absolute atomic E-state index is 0. The van der Waals surface area contributed by atoms with E-state index >= 15 is 0 Å². The van der Waals surface area contributed by atoms with Crippen molar-refractivity contribution in [3.8, 4) is 17.0 Å². The Balaban J connectivity index is 0.00000144. The van der Waals surface area contributed by atoms with Crippen LogP contribution in [0.25, 0.3) is 16.8 Å². The number of nitrogens with one attached hydrogen (secondary N) is 1. The molecule has 1 saturated heterocycles. The van der Waals surface area contributed by atoms with Gasteiger partial charge in [0, 0.05) is 24.8 Å². The molecule has 1 fully saturated rings. The van der Waals surface area contributed by atoms with Crippen molar-refractivity contribution in [1.29, 1.82) is 0 Å². The van der Waals surface area contributed by atoms with Gasteiger partial charge in [0.05, 0.1) is 23.0 Å².